The number of thiazole rings is 1. The molecule has 0 aliphatic carbocycles. The van der Waals surface area contributed by atoms with Crippen LogP contribution in [0.5, 0.6) is 0 Å². The standard InChI is InChI=1S/C12H19N3OS/c1-2-9-3-5-15(6-4-9)12(16)10-8-17-11(7-13)14-10/h8-9H,2-7,13H2,1H3. The predicted molar refractivity (Wildman–Crippen MR) is 68.9 cm³/mol. The van der Waals surface area contributed by atoms with Crippen LogP contribution in [0.25, 0.3) is 0 Å². The van der Waals surface area contributed by atoms with Crippen LogP contribution in [0.2, 0.25) is 0 Å². The van der Waals surface area contributed by atoms with Crippen LogP contribution in [0.15, 0.2) is 5.38 Å². The average Bonchev–Trinajstić information content (AvgIpc) is 2.87. The molecule has 0 atom stereocenters. The van der Waals surface area contributed by atoms with Crippen molar-refractivity contribution in [2.45, 2.75) is 32.7 Å². The smallest absolute Gasteiger partial charge is 0.273 e. The lowest BCUT2D eigenvalue weighted by Gasteiger charge is -2.31. The van der Waals surface area contributed by atoms with Gasteiger partial charge in [-0.15, -0.1) is 11.3 Å². The first-order chi connectivity index (χ1) is 8.24. The fourth-order valence-electron chi connectivity index (χ4n) is 2.21. The Bertz CT molecular complexity index is 383. The summed E-state index contributed by atoms with van der Waals surface area (Å²) in [7, 11) is 0. The van der Waals surface area contributed by atoms with Crippen LogP contribution >= 0.6 is 11.3 Å². The normalized spacial score (nSPS) is 17.4. The number of nitrogens with two attached hydrogens (primary N) is 1. The molecule has 1 aromatic heterocycles. The summed E-state index contributed by atoms with van der Waals surface area (Å²) in [6, 6.07) is 0. The Labute approximate surface area is 106 Å². The number of amides is 1. The van der Waals surface area contributed by atoms with Crippen molar-refractivity contribution in [3.63, 3.8) is 0 Å². The zero-order chi connectivity index (χ0) is 12.3. The summed E-state index contributed by atoms with van der Waals surface area (Å²) < 4.78 is 0. The molecule has 0 aromatic carbocycles. The van der Waals surface area contributed by atoms with Gasteiger partial charge in [-0.3, -0.25) is 4.79 Å². The van der Waals surface area contributed by atoms with Crippen molar-refractivity contribution < 1.29 is 4.79 Å². The van der Waals surface area contributed by atoms with Gasteiger partial charge in [-0.05, 0) is 18.8 Å². The van der Waals surface area contributed by atoms with Gasteiger partial charge in [-0.25, -0.2) is 4.98 Å². The monoisotopic (exact) mass is 253 g/mol. The van der Waals surface area contributed by atoms with Gasteiger partial charge in [0, 0.05) is 25.0 Å². The molecule has 94 valence electrons. The molecular formula is C12H19N3OS. The van der Waals surface area contributed by atoms with Gasteiger partial charge in [0.2, 0.25) is 0 Å². The van der Waals surface area contributed by atoms with Crippen molar-refractivity contribution in [3.8, 4) is 0 Å². The van der Waals surface area contributed by atoms with Gasteiger partial charge in [0.05, 0.1) is 0 Å². The Kier molecular flexibility index (Phi) is 4.12. The Hall–Kier alpha value is -0.940. The third kappa shape index (κ3) is 2.84. The van der Waals surface area contributed by atoms with Crippen molar-refractivity contribution in [2.75, 3.05) is 13.1 Å². The third-order valence-corrected chi connectivity index (χ3v) is 4.30. The Morgan fingerprint density at radius 3 is 2.82 bits per heavy atom. The second-order valence-corrected chi connectivity index (χ2v) is 5.42. The molecule has 0 radical (unpaired) electrons. The summed E-state index contributed by atoms with van der Waals surface area (Å²) in [5.41, 5.74) is 6.06. The van der Waals surface area contributed by atoms with Gasteiger partial charge in [0.15, 0.2) is 0 Å². The molecule has 17 heavy (non-hydrogen) atoms. The van der Waals surface area contributed by atoms with Crippen molar-refractivity contribution in [1.29, 1.82) is 0 Å². The van der Waals surface area contributed by atoms with Crippen LogP contribution in [-0.2, 0) is 6.54 Å². The summed E-state index contributed by atoms with van der Waals surface area (Å²) in [5, 5.41) is 2.65. The molecule has 1 aliphatic rings. The van der Waals surface area contributed by atoms with Gasteiger partial charge in [0.1, 0.15) is 10.7 Å². The molecule has 2 heterocycles. The zero-order valence-electron chi connectivity index (χ0n) is 10.2. The fraction of sp³-hybridized carbons (Fsp3) is 0.667. The second-order valence-electron chi connectivity index (χ2n) is 4.47. The van der Waals surface area contributed by atoms with Crippen LogP contribution in [0.4, 0.5) is 0 Å². The molecule has 5 heteroatoms. The minimum absolute atomic E-state index is 0.0653. The lowest BCUT2D eigenvalue weighted by atomic mass is 9.94. The molecule has 1 amide bonds. The number of hydrogen-bond donors (Lipinski definition) is 1. The van der Waals surface area contributed by atoms with Crippen molar-refractivity contribution >= 4 is 17.2 Å². The second kappa shape index (κ2) is 5.60. The van der Waals surface area contributed by atoms with Crippen LogP contribution in [0.3, 0.4) is 0 Å². The van der Waals surface area contributed by atoms with E-state index in [1.807, 2.05) is 10.3 Å². The van der Waals surface area contributed by atoms with E-state index in [-0.39, 0.29) is 5.91 Å². The van der Waals surface area contributed by atoms with E-state index in [9.17, 15) is 4.79 Å². The summed E-state index contributed by atoms with van der Waals surface area (Å²) >= 11 is 1.46. The van der Waals surface area contributed by atoms with E-state index in [4.69, 9.17) is 5.73 Å². The number of aromatic nitrogens is 1. The molecule has 0 bridgehead atoms. The Morgan fingerprint density at radius 1 is 1.59 bits per heavy atom. The number of carbonyl (C=O) groups excluding carboxylic acids is 1. The first kappa shape index (κ1) is 12.5. The lowest BCUT2D eigenvalue weighted by molar-refractivity contribution is 0.0683. The number of carbonyl (C=O) groups is 1. The highest BCUT2D eigenvalue weighted by Crippen LogP contribution is 2.21. The summed E-state index contributed by atoms with van der Waals surface area (Å²) in [6.45, 7) is 4.37. The first-order valence-corrected chi connectivity index (χ1v) is 7.06. The van der Waals surface area contributed by atoms with Crippen molar-refractivity contribution in [1.82, 2.24) is 9.88 Å². The van der Waals surface area contributed by atoms with Gasteiger partial charge < -0.3 is 10.6 Å². The number of rotatable bonds is 3. The maximum absolute atomic E-state index is 12.2. The molecule has 0 spiro atoms. The van der Waals surface area contributed by atoms with Gasteiger partial charge in [-0.1, -0.05) is 13.3 Å². The predicted octanol–water partition coefficient (Wildman–Crippen LogP) is 1.86. The minimum Gasteiger partial charge on any atom is -0.337 e. The highest BCUT2D eigenvalue weighted by atomic mass is 32.1. The molecule has 0 saturated carbocycles. The van der Waals surface area contributed by atoms with E-state index in [1.54, 1.807) is 0 Å². The van der Waals surface area contributed by atoms with Crippen LogP contribution in [0, 0.1) is 5.92 Å². The Balaban J connectivity index is 1.96. The topological polar surface area (TPSA) is 59.2 Å². The molecule has 1 saturated heterocycles. The minimum atomic E-state index is 0.0653. The molecule has 1 aliphatic heterocycles. The summed E-state index contributed by atoms with van der Waals surface area (Å²) in [6.07, 6.45) is 3.46. The van der Waals surface area contributed by atoms with E-state index >= 15 is 0 Å². The number of nitrogens with zero attached hydrogens (tertiary/aromatic N) is 2. The van der Waals surface area contributed by atoms with E-state index in [1.165, 1.54) is 17.8 Å². The van der Waals surface area contributed by atoms with E-state index in [0.29, 0.717) is 12.2 Å². The molecule has 2 N–H and O–H groups in total. The van der Waals surface area contributed by atoms with E-state index in [2.05, 4.69) is 11.9 Å². The number of likely N-dealkylation sites (tertiary alicyclic amines) is 1. The maximum Gasteiger partial charge on any atom is 0.273 e. The molecule has 4 nitrogen and oxygen atoms in total. The highest BCUT2D eigenvalue weighted by molar-refractivity contribution is 7.09. The summed E-state index contributed by atoms with van der Waals surface area (Å²) in [5.74, 6) is 0.851. The van der Waals surface area contributed by atoms with Crippen molar-refractivity contribution in [2.24, 2.45) is 11.7 Å². The van der Waals surface area contributed by atoms with E-state index < -0.39 is 0 Å². The highest BCUT2D eigenvalue weighted by Gasteiger charge is 2.23. The number of hydrogen-bond acceptors (Lipinski definition) is 4. The molecular weight excluding hydrogens is 234 g/mol. The van der Waals surface area contributed by atoms with E-state index in [0.717, 1.165) is 36.9 Å². The Morgan fingerprint density at radius 2 is 2.29 bits per heavy atom. The van der Waals surface area contributed by atoms with Crippen molar-refractivity contribution in [3.05, 3.63) is 16.1 Å². The molecule has 2 rings (SSSR count). The van der Waals surface area contributed by atoms with Gasteiger partial charge in [0.25, 0.3) is 5.91 Å². The van der Waals surface area contributed by atoms with Crippen LogP contribution < -0.4 is 5.73 Å². The van der Waals surface area contributed by atoms with Gasteiger partial charge in [-0.2, -0.15) is 0 Å². The summed E-state index contributed by atoms with van der Waals surface area (Å²) in [4.78, 5) is 18.3. The molecule has 1 fully saturated rings. The first-order valence-electron chi connectivity index (χ1n) is 6.18. The quantitative estimate of drug-likeness (QED) is 0.894. The number of piperidine rings is 1. The fourth-order valence-corrected chi connectivity index (χ4v) is 2.86. The molecule has 0 unspecified atom stereocenters. The third-order valence-electron chi connectivity index (χ3n) is 3.42. The van der Waals surface area contributed by atoms with Gasteiger partial charge >= 0.3 is 0 Å². The molecule has 1 aromatic rings. The zero-order valence-corrected chi connectivity index (χ0v) is 11.0. The maximum atomic E-state index is 12.2. The SMILES string of the molecule is CCC1CCN(C(=O)c2csc(CN)n2)CC1. The largest absolute Gasteiger partial charge is 0.337 e. The average molecular weight is 253 g/mol. The lowest BCUT2D eigenvalue weighted by Crippen LogP contribution is -2.38. The van der Waals surface area contributed by atoms with Crippen LogP contribution in [-0.4, -0.2) is 28.9 Å². The van der Waals surface area contributed by atoms with Crippen LogP contribution in [0.1, 0.15) is 41.7 Å².